The Bertz CT molecular complexity index is 876. The van der Waals surface area contributed by atoms with Crippen LogP contribution in [-0.2, 0) is 11.2 Å². The second kappa shape index (κ2) is 7.28. The van der Waals surface area contributed by atoms with Crippen LogP contribution in [0.4, 0.5) is 5.69 Å². The van der Waals surface area contributed by atoms with Gasteiger partial charge in [-0.1, -0.05) is 62.4 Å². The standard InChI is InChI=1S/C23H25NO2/c1-16-9-7-8-12-18(16)24-19-14-23(2,3)15-21(26)22(19)20(25)13-17-10-5-4-6-11-17/h4-12,25H,13-15H2,1-3H3. The van der Waals surface area contributed by atoms with Gasteiger partial charge in [-0.15, -0.1) is 0 Å². The lowest BCUT2D eigenvalue weighted by Gasteiger charge is -2.31. The molecule has 1 saturated carbocycles. The smallest absolute Gasteiger partial charge is 0.168 e. The van der Waals surface area contributed by atoms with Gasteiger partial charge in [0.15, 0.2) is 5.78 Å². The van der Waals surface area contributed by atoms with E-state index in [1.807, 2.05) is 61.5 Å². The number of Topliss-reactive ketones (excluding diaryl/α,β-unsaturated/α-hetero) is 1. The first-order valence-electron chi connectivity index (χ1n) is 8.98. The molecule has 0 saturated heterocycles. The Morgan fingerprint density at radius 1 is 1.04 bits per heavy atom. The first-order valence-corrected chi connectivity index (χ1v) is 8.98. The molecule has 0 aromatic heterocycles. The number of ketones is 1. The van der Waals surface area contributed by atoms with Gasteiger partial charge in [-0.3, -0.25) is 9.79 Å². The number of benzene rings is 2. The Balaban J connectivity index is 2.06. The SMILES string of the molecule is Cc1ccccc1N=C1CC(C)(C)CC(=O)C1=C(O)Cc1ccccc1. The van der Waals surface area contributed by atoms with Crippen LogP contribution in [0.5, 0.6) is 0 Å². The number of carbonyl (C=O) groups excluding carboxylic acids is 1. The van der Waals surface area contributed by atoms with Gasteiger partial charge in [0.2, 0.25) is 0 Å². The van der Waals surface area contributed by atoms with Crippen LogP contribution >= 0.6 is 0 Å². The molecule has 26 heavy (non-hydrogen) atoms. The van der Waals surface area contributed by atoms with Gasteiger partial charge in [0.25, 0.3) is 0 Å². The highest BCUT2D eigenvalue weighted by Crippen LogP contribution is 2.37. The van der Waals surface area contributed by atoms with E-state index in [1.54, 1.807) is 0 Å². The molecular formula is C23H25NO2. The van der Waals surface area contributed by atoms with Crippen LogP contribution in [-0.4, -0.2) is 16.6 Å². The Morgan fingerprint density at radius 2 is 1.69 bits per heavy atom. The second-order valence-electron chi connectivity index (χ2n) is 7.77. The summed E-state index contributed by atoms with van der Waals surface area (Å²) in [7, 11) is 0. The van der Waals surface area contributed by atoms with Gasteiger partial charge in [0, 0.05) is 12.8 Å². The average Bonchev–Trinajstić information content (AvgIpc) is 2.56. The van der Waals surface area contributed by atoms with Crippen molar-refractivity contribution < 1.29 is 9.90 Å². The van der Waals surface area contributed by atoms with E-state index in [2.05, 4.69) is 13.8 Å². The summed E-state index contributed by atoms with van der Waals surface area (Å²) >= 11 is 0. The molecule has 0 spiro atoms. The zero-order chi connectivity index (χ0) is 18.7. The topological polar surface area (TPSA) is 49.7 Å². The van der Waals surface area contributed by atoms with E-state index in [-0.39, 0.29) is 17.0 Å². The number of aliphatic imine (C=N–C) groups is 1. The van der Waals surface area contributed by atoms with Gasteiger partial charge in [-0.2, -0.15) is 0 Å². The fraction of sp³-hybridized carbons (Fsp3) is 0.304. The molecule has 1 aliphatic rings. The van der Waals surface area contributed by atoms with Crippen molar-refractivity contribution in [3.63, 3.8) is 0 Å². The number of rotatable bonds is 3. The lowest BCUT2D eigenvalue weighted by Crippen LogP contribution is -2.32. The fourth-order valence-electron chi connectivity index (χ4n) is 3.42. The predicted octanol–water partition coefficient (Wildman–Crippen LogP) is 5.51. The minimum atomic E-state index is -0.158. The highest BCUT2D eigenvalue weighted by Gasteiger charge is 2.36. The van der Waals surface area contributed by atoms with Crippen LogP contribution in [0.15, 0.2) is 70.9 Å². The van der Waals surface area contributed by atoms with E-state index in [1.165, 1.54) is 0 Å². The van der Waals surface area contributed by atoms with Crippen LogP contribution in [0.1, 0.15) is 37.8 Å². The molecule has 2 aromatic carbocycles. The van der Waals surface area contributed by atoms with Crippen LogP contribution < -0.4 is 0 Å². The van der Waals surface area contributed by atoms with Crippen molar-refractivity contribution in [2.75, 3.05) is 0 Å². The van der Waals surface area contributed by atoms with E-state index in [0.29, 0.717) is 30.5 Å². The number of nitrogens with zero attached hydrogens (tertiary/aromatic N) is 1. The maximum Gasteiger partial charge on any atom is 0.168 e. The molecule has 3 rings (SSSR count). The molecule has 1 aliphatic carbocycles. The zero-order valence-electron chi connectivity index (χ0n) is 15.6. The lowest BCUT2D eigenvalue weighted by atomic mass is 9.73. The third kappa shape index (κ3) is 4.10. The maximum atomic E-state index is 12.8. The fourth-order valence-corrected chi connectivity index (χ4v) is 3.42. The number of aliphatic hydroxyl groups excluding tert-OH is 1. The maximum absolute atomic E-state index is 12.8. The van der Waals surface area contributed by atoms with Crippen molar-refractivity contribution in [1.29, 1.82) is 0 Å². The number of aryl methyl sites for hydroxylation is 1. The highest BCUT2D eigenvalue weighted by molar-refractivity contribution is 6.25. The number of para-hydroxylation sites is 1. The summed E-state index contributed by atoms with van der Waals surface area (Å²) < 4.78 is 0. The molecule has 0 radical (unpaired) electrons. The summed E-state index contributed by atoms with van der Waals surface area (Å²) in [5.41, 5.74) is 3.81. The Kier molecular flexibility index (Phi) is 5.08. The van der Waals surface area contributed by atoms with Crippen LogP contribution in [0.25, 0.3) is 0 Å². The molecule has 2 aromatic rings. The van der Waals surface area contributed by atoms with Crippen LogP contribution in [0, 0.1) is 12.3 Å². The van der Waals surface area contributed by atoms with Crippen molar-refractivity contribution in [2.24, 2.45) is 10.4 Å². The van der Waals surface area contributed by atoms with Gasteiger partial charge in [-0.25, -0.2) is 0 Å². The molecule has 0 atom stereocenters. The molecule has 3 nitrogen and oxygen atoms in total. The molecule has 3 heteroatoms. The molecule has 0 amide bonds. The Hall–Kier alpha value is -2.68. The monoisotopic (exact) mass is 347 g/mol. The minimum absolute atomic E-state index is 0.0259. The van der Waals surface area contributed by atoms with Crippen molar-refractivity contribution in [3.05, 3.63) is 77.1 Å². The number of hydrogen-bond acceptors (Lipinski definition) is 3. The Morgan fingerprint density at radius 3 is 2.38 bits per heavy atom. The molecule has 1 fully saturated rings. The van der Waals surface area contributed by atoms with Gasteiger partial charge in [0.05, 0.1) is 17.0 Å². The average molecular weight is 347 g/mol. The normalized spacial score (nSPS) is 20.3. The third-order valence-corrected chi connectivity index (χ3v) is 4.73. The van der Waals surface area contributed by atoms with E-state index in [4.69, 9.17) is 4.99 Å². The van der Waals surface area contributed by atoms with E-state index >= 15 is 0 Å². The summed E-state index contributed by atoms with van der Waals surface area (Å²) in [5.74, 6) is 0.0889. The Labute approximate surface area is 155 Å². The first-order chi connectivity index (χ1) is 12.4. The van der Waals surface area contributed by atoms with E-state index in [9.17, 15) is 9.90 Å². The molecule has 0 unspecified atom stereocenters. The highest BCUT2D eigenvalue weighted by atomic mass is 16.3. The largest absolute Gasteiger partial charge is 0.511 e. The van der Waals surface area contributed by atoms with Gasteiger partial charge < -0.3 is 5.11 Å². The molecule has 0 aliphatic heterocycles. The number of hydrogen-bond donors (Lipinski definition) is 1. The van der Waals surface area contributed by atoms with Crippen molar-refractivity contribution in [2.45, 2.75) is 40.0 Å². The quantitative estimate of drug-likeness (QED) is 0.588. The van der Waals surface area contributed by atoms with Gasteiger partial charge in [0.1, 0.15) is 5.76 Å². The molecule has 134 valence electrons. The van der Waals surface area contributed by atoms with Gasteiger partial charge in [-0.05, 0) is 36.0 Å². The summed E-state index contributed by atoms with van der Waals surface area (Å²) in [4.78, 5) is 17.6. The lowest BCUT2D eigenvalue weighted by molar-refractivity contribution is -0.117. The third-order valence-electron chi connectivity index (χ3n) is 4.73. The van der Waals surface area contributed by atoms with E-state index in [0.717, 1.165) is 16.8 Å². The summed E-state index contributed by atoms with van der Waals surface area (Å²) in [6.45, 7) is 6.15. The van der Waals surface area contributed by atoms with E-state index < -0.39 is 0 Å². The summed E-state index contributed by atoms with van der Waals surface area (Å²) in [6, 6.07) is 17.6. The second-order valence-corrected chi connectivity index (χ2v) is 7.77. The number of allylic oxidation sites excluding steroid dienone is 2. The zero-order valence-corrected chi connectivity index (χ0v) is 15.6. The molecule has 0 bridgehead atoms. The van der Waals surface area contributed by atoms with Crippen molar-refractivity contribution in [1.82, 2.24) is 0 Å². The number of aliphatic hydroxyl groups is 1. The molecule has 0 heterocycles. The summed E-state index contributed by atoms with van der Waals surface area (Å²) in [5, 5.41) is 10.8. The van der Waals surface area contributed by atoms with Crippen LogP contribution in [0.2, 0.25) is 0 Å². The predicted molar refractivity (Wildman–Crippen MR) is 106 cm³/mol. The van der Waals surface area contributed by atoms with Crippen molar-refractivity contribution >= 4 is 17.2 Å². The first kappa shape index (κ1) is 18.1. The molecular weight excluding hydrogens is 322 g/mol. The molecule has 1 N–H and O–H groups in total. The number of carbonyl (C=O) groups is 1. The van der Waals surface area contributed by atoms with Crippen LogP contribution in [0.3, 0.4) is 0 Å². The summed E-state index contributed by atoms with van der Waals surface area (Å²) in [6.07, 6.45) is 1.43. The minimum Gasteiger partial charge on any atom is -0.511 e. The van der Waals surface area contributed by atoms with Crippen molar-refractivity contribution in [3.8, 4) is 0 Å². The van der Waals surface area contributed by atoms with Gasteiger partial charge >= 0.3 is 0 Å².